The Hall–Kier alpha value is -3.24. The number of hydrogen-bond donors (Lipinski definition) is 3. The van der Waals surface area contributed by atoms with Gasteiger partial charge in [-0.1, -0.05) is 36.4 Å². The highest BCUT2D eigenvalue weighted by atomic mass is 32.2. The number of aryl methyl sites for hydroxylation is 1. The van der Waals surface area contributed by atoms with Gasteiger partial charge in [0.25, 0.3) is 5.91 Å². The smallest absolute Gasteiger partial charge is 0.339 e. The van der Waals surface area contributed by atoms with Gasteiger partial charge in [-0.15, -0.1) is 0 Å². The third-order valence-electron chi connectivity index (χ3n) is 4.67. The number of hydrogen-bond acceptors (Lipinski definition) is 6. The zero-order chi connectivity index (χ0) is 22.6. The summed E-state index contributed by atoms with van der Waals surface area (Å²) in [6.45, 7) is 1.63. The number of carbonyl (C=O) groups excluding carboxylic acids is 3. The van der Waals surface area contributed by atoms with E-state index in [-0.39, 0.29) is 16.5 Å². The maximum atomic E-state index is 12.9. The standard InChI is InChI=1S/C21H23N3O6S/c1-13-8-11-16(31(28,29)24-15-9-10-15)12-17(13)20(26)30-18(14-6-4-3-5-7-14)19(25)23-21(27)22-2/h3-8,11-12,15,18,24H,9-10H2,1-2H3,(H2,22,23,25,27). The summed E-state index contributed by atoms with van der Waals surface area (Å²) in [5.41, 5.74) is 0.843. The minimum Gasteiger partial charge on any atom is -0.444 e. The van der Waals surface area contributed by atoms with Gasteiger partial charge in [-0.05, 0) is 37.5 Å². The van der Waals surface area contributed by atoms with Crippen molar-refractivity contribution in [2.75, 3.05) is 7.05 Å². The minimum atomic E-state index is -3.78. The van der Waals surface area contributed by atoms with E-state index in [2.05, 4.69) is 15.4 Å². The molecule has 1 aliphatic carbocycles. The summed E-state index contributed by atoms with van der Waals surface area (Å²) >= 11 is 0. The van der Waals surface area contributed by atoms with Gasteiger partial charge in [0, 0.05) is 18.7 Å². The van der Waals surface area contributed by atoms with E-state index < -0.39 is 34.0 Å². The molecule has 3 amide bonds. The zero-order valence-electron chi connectivity index (χ0n) is 17.0. The van der Waals surface area contributed by atoms with E-state index in [0.717, 1.165) is 12.8 Å². The lowest BCUT2D eigenvalue weighted by Gasteiger charge is -2.18. The average Bonchev–Trinajstić information content (AvgIpc) is 3.55. The second-order valence-corrected chi connectivity index (χ2v) is 8.85. The Kier molecular flexibility index (Phi) is 6.71. The lowest BCUT2D eigenvalue weighted by Crippen LogP contribution is -2.41. The monoisotopic (exact) mass is 445 g/mol. The third-order valence-corrected chi connectivity index (χ3v) is 6.19. The SMILES string of the molecule is CNC(=O)NC(=O)C(OC(=O)c1cc(S(=O)(=O)NC2CC2)ccc1C)c1ccccc1. The normalized spacial score (nSPS) is 14.4. The fourth-order valence-electron chi connectivity index (χ4n) is 2.79. The number of esters is 1. The fraction of sp³-hybridized carbons (Fsp3) is 0.286. The van der Waals surface area contributed by atoms with Gasteiger partial charge >= 0.3 is 12.0 Å². The number of imide groups is 1. The van der Waals surface area contributed by atoms with Gasteiger partial charge in [0.05, 0.1) is 10.5 Å². The molecule has 0 heterocycles. The minimum absolute atomic E-state index is 0.00680. The molecular formula is C21H23N3O6S. The van der Waals surface area contributed by atoms with Gasteiger partial charge in [-0.2, -0.15) is 0 Å². The zero-order valence-corrected chi connectivity index (χ0v) is 17.9. The van der Waals surface area contributed by atoms with Gasteiger partial charge < -0.3 is 10.1 Å². The number of nitrogens with one attached hydrogen (secondary N) is 3. The topological polar surface area (TPSA) is 131 Å². The number of amides is 3. The van der Waals surface area contributed by atoms with Crippen LogP contribution in [0.3, 0.4) is 0 Å². The Morgan fingerprint density at radius 3 is 2.35 bits per heavy atom. The van der Waals surface area contributed by atoms with E-state index in [1.54, 1.807) is 37.3 Å². The highest BCUT2D eigenvalue weighted by Crippen LogP contribution is 2.25. The molecule has 3 N–H and O–H groups in total. The number of benzene rings is 2. The van der Waals surface area contributed by atoms with Crippen molar-refractivity contribution in [2.45, 2.75) is 36.8 Å². The molecular weight excluding hydrogens is 422 g/mol. The molecule has 1 saturated carbocycles. The summed E-state index contributed by atoms with van der Waals surface area (Å²) in [5, 5.41) is 4.35. The van der Waals surface area contributed by atoms with Crippen LogP contribution in [-0.4, -0.2) is 39.4 Å². The molecule has 0 bridgehead atoms. The molecule has 1 aliphatic rings. The van der Waals surface area contributed by atoms with E-state index in [1.165, 1.54) is 25.2 Å². The van der Waals surface area contributed by atoms with E-state index >= 15 is 0 Å². The first-order valence-electron chi connectivity index (χ1n) is 9.63. The molecule has 1 unspecified atom stereocenters. The van der Waals surface area contributed by atoms with Crippen LogP contribution in [0.1, 0.15) is 40.4 Å². The summed E-state index contributed by atoms with van der Waals surface area (Å²) in [4.78, 5) is 37.0. The number of sulfonamides is 1. The lowest BCUT2D eigenvalue weighted by atomic mass is 10.1. The third kappa shape index (κ3) is 5.68. The lowest BCUT2D eigenvalue weighted by molar-refractivity contribution is -0.129. The molecule has 9 nitrogen and oxygen atoms in total. The van der Waals surface area contributed by atoms with Crippen LogP contribution in [0.4, 0.5) is 4.79 Å². The molecule has 2 aromatic rings. The van der Waals surface area contributed by atoms with Crippen molar-refractivity contribution in [1.82, 2.24) is 15.4 Å². The Morgan fingerprint density at radius 2 is 1.74 bits per heavy atom. The Balaban J connectivity index is 1.88. The van der Waals surface area contributed by atoms with Crippen LogP contribution in [0.5, 0.6) is 0 Å². The number of urea groups is 1. The summed E-state index contributed by atoms with van der Waals surface area (Å²) < 4.78 is 33.0. The van der Waals surface area contributed by atoms with Gasteiger partial charge in [0.1, 0.15) is 0 Å². The van der Waals surface area contributed by atoms with Crippen LogP contribution in [-0.2, 0) is 19.6 Å². The van der Waals surface area contributed by atoms with Crippen molar-refractivity contribution in [3.05, 3.63) is 65.2 Å². The molecule has 0 aliphatic heterocycles. The second-order valence-electron chi connectivity index (χ2n) is 7.14. The molecule has 1 fully saturated rings. The molecule has 1 atom stereocenters. The van der Waals surface area contributed by atoms with Gasteiger partial charge in [0.15, 0.2) is 0 Å². The molecule has 2 aromatic carbocycles. The molecule has 3 rings (SSSR count). The maximum absolute atomic E-state index is 12.9. The first-order valence-corrected chi connectivity index (χ1v) is 11.1. The van der Waals surface area contributed by atoms with Crippen LogP contribution >= 0.6 is 0 Å². The van der Waals surface area contributed by atoms with Crippen molar-refractivity contribution >= 4 is 27.9 Å². The van der Waals surface area contributed by atoms with Crippen molar-refractivity contribution in [3.8, 4) is 0 Å². The van der Waals surface area contributed by atoms with Crippen LogP contribution in [0.25, 0.3) is 0 Å². The Morgan fingerprint density at radius 1 is 1.06 bits per heavy atom. The predicted molar refractivity (Wildman–Crippen MR) is 112 cm³/mol. The Labute approximate surface area is 180 Å². The van der Waals surface area contributed by atoms with Crippen molar-refractivity contribution in [2.24, 2.45) is 0 Å². The van der Waals surface area contributed by atoms with Crippen molar-refractivity contribution in [3.63, 3.8) is 0 Å². The quantitative estimate of drug-likeness (QED) is 0.557. The largest absolute Gasteiger partial charge is 0.444 e. The van der Waals surface area contributed by atoms with E-state index in [9.17, 15) is 22.8 Å². The van der Waals surface area contributed by atoms with Crippen LogP contribution in [0, 0.1) is 6.92 Å². The van der Waals surface area contributed by atoms with Crippen LogP contribution in [0.15, 0.2) is 53.4 Å². The molecule has 0 spiro atoms. The number of ether oxygens (including phenoxy) is 1. The highest BCUT2D eigenvalue weighted by Gasteiger charge is 2.30. The van der Waals surface area contributed by atoms with Gasteiger partial charge in [-0.3, -0.25) is 10.1 Å². The first kappa shape index (κ1) is 22.4. The van der Waals surface area contributed by atoms with Crippen LogP contribution < -0.4 is 15.4 Å². The predicted octanol–water partition coefficient (Wildman–Crippen LogP) is 1.79. The molecule has 10 heteroatoms. The van der Waals surface area contributed by atoms with Gasteiger partial charge in [-0.25, -0.2) is 22.7 Å². The summed E-state index contributed by atoms with van der Waals surface area (Å²) in [5.74, 6) is -1.72. The molecule has 164 valence electrons. The van der Waals surface area contributed by atoms with E-state index in [1.807, 2.05) is 0 Å². The maximum Gasteiger partial charge on any atom is 0.339 e. The van der Waals surface area contributed by atoms with Crippen LogP contribution in [0.2, 0.25) is 0 Å². The number of rotatable bonds is 7. The average molecular weight is 445 g/mol. The molecule has 0 aromatic heterocycles. The first-order chi connectivity index (χ1) is 14.7. The van der Waals surface area contributed by atoms with Crippen molar-refractivity contribution in [1.29, 1.82) is 0 Å². The van der Waals surface area contributed by atoms with Gasteiger partial charge in [0.2, 0.25) is 16.1 Å². The summed E-state index contributed by atoms with van der Waals surface area (Å²) in [6, 6.07) is 11.5. The Bertz CT molecular complexity index is 1100. The van der Waals surface area contributed by atoms with E-state index in [0.29, 0.717) is 11.1 Å². The molecule has 0 saturated heterocycles. The highest BCUT2D eigenvalue weighted by molar-refractivity contribution is 7.89. The summed E-state index contributed by atoms with van der Waals surface area (Å²) in [6.07, 6.45) is 0.147. The number of carbonyl (C=O) groups is 3. The molecule has 31 heavy (non-hydrogen) atoms. The second kappa shape index (κ2) is 9.27. The fourth-order valence-corrected chi connectivity index (χ4v) is 4.12. The van der Waals surface area contributed by atoms with E-state index in [4.69, 9.17) is 4.74 Å². The summed E-state index contributed by atoms with van der Waals surface area (Å²) in [7, 11) is -2.43. The molecule has 0 radical (unpaired) electrons. The van der Waals surface area contributed by atoms with Crippen molar-refractivity contribution < 1.29 is 27.5 Å².